The van der Waals surface area contributed by atoms with Crippen LogP contribution in [0.4, 0.5) is 5.69 Å². The third-order valence-electron chi connectivity index (χ3n) is 6.07. The van der Waals surface area contributed by atoms with Crippen LogP contribution in [0.5, 0.6) is 0 Å². The summed E-state index contributed by atoms with van der Waals surface area (Å²) < 4.78 is 0. The Morgan fingerprint density at radius 3 is 2.58 bits per heavy atom. The van der Waals surface area contributed by atoms with Crippen LogP contribution in [-0.2, 0) is 4.79 Å². The van der Waals surface area contributed by atoms with Gasteiger partial charge in [0.25, 0.3) is 11.8 Å². The summed E-state index contributed by atoms with van der Waals surface area (Å²) in [5, 5.41) is 2.89. The molecule has 1 saturated heterocycles. The molecule has 33 heavy (non-hydrogen) atoms. The number of rotatable bonds is 3. The molecule has 0 radical (unpaired) electrons. The van der Waals surface area contributed by atoms with Crippen LogP contribution in [0, 0.1) is 0 Å². The molecule has 8 heteroatoms. The molecule has 2 aromatic carbocycles. The Balaban J connectivity index is 1.42. The highest BCUT2D eigenvalue weighted by molar-refractivity contribution is 7.98. The minimum Gasteiger partial charge on any atom is -0.334 e. The first-order valence-electron chi connectivity index (χ1n) is 10.6. The van der Waals surface area contributed by atoms with Crippen molar-refractivity contribution in [2.75, 3.05) is 31.2 Å². The van der Waals surface area contributed by atoms with E-state index >= 15 is 0 Å². The van der Waals surface area contributed by atoms with Gasteiger partial charge in [-0.15, -0.1) is 11.8 Å². The van der Waals surface area contributed by atoms with Gasteiger partial charge < -0.3 is 15.1 Å². The number of thioether (sulfide) groups is 1. The molecule has 1 aromatic heterocycles. The minimum absolute atomic E-state index is 0.141. The van der Waals surface area contributed by atoms with Crippen LogP contribution in [0.1, 0.15) is 20.7 Å². The number of nitrogens with one attached hydrogen (secondary N) is 1. The first kappa shape index (κ1) is 21.2. The number of hydrogen-bond acceptors (Lipinski definition) is 5. The summed E-state index contributed by atoms with van der Waals surface area (Å²) in [5.74, 6) is -0.687. The number of carbonyl (C=O) groups is 3. The minimum atomic E-state index is -0.747. The van der Waals surface area contributed by atoms with Crippen LogP contribution >= 0.6 is 11.8 Å². The van der Waals surface area contributed by atoms with Crippen molar-refractivity contribution in [2.24, 2.45) is 0 Å². The Morgan fingerprint density at radius 2 is 1.85 bits per heavy atom. The highest BCUT2D eigenvalue weighted by Gasteiger charge is 2.40. The molecule has 3 amide bonds. The molecule has 1 N–H and O–H groups in total. The molecular formula is C25H22N4O3S. The number of nitrogens with zero attached hydrogens (tertiary/aromatic N) is 3. The Kier molecular flexibility index (Phi) is 5.60. The van der Waals surface area contributed by atoms with Gasteiger partial charge in [0.15, 0.2) is 0 Å². The zero-order chi connectivity index (χ0) is 22.9. The molecule has 3 aromatic rings. The highest BCUT2D eigenvalue weighted by Crippen LogP contribution is 2.31. The van der Waals surface area contributed by atoms with Crippen LogP contribution in [0.15, 0.2) is 71.9 Å². The summed E-state index contributed by atoms with van der Waals surface area (Å²) in [4.78, 5) is 47.7. The van der Waals surface area contributed by atoms with E-state index in [0.717, 1.165) is 11.1 Å². The van der Waals surface area contributed by atoms with E-state index in [2.05, 4.69) is 10.3 Å². The number of benzene rings is 2. The highest BCUT2D eigenvalue weighted by atomic mass is 32.2. The standard InChI is InChI=1S/C25H22N4O3S/c1-33-19-7-4-16(5-8-19)17-6-9-21-20(13-17)25(32)29-12-11-28(15-22(29)23(30)27-21)24(31)18-3-2-10-26-14-18/h2-10,13-14,22H,11-12,15H2,1H3,(H,27,30). The third kappa shape index (κ3) is 3.98. The summed E-state index contributed by atoms with van der Waals surface area (Å²) in [7, 11) is 0. The van der Waals surface area contributed by atoms with Gasteiger partial charge in [0, 0.05) is 30.4 Å². The van der Waals surface area contributed by atoms with E-state index in [1.807, 2.05) is 42.7 Å². The number of piperazine rings is 1. The topological polar surface area (TPSA) is 82.6 Å². The van der Waals surface area contributed by atoms with E-state index in [0.29, 0.717) is 23.4 Å². The lowest BCUT2D eigenvalue weighted by Crippen LogP contribution is -2.59. The number of aromatic nitrogens is 1. The van der Waals surface area contributed by atoms with E-state index < -0.39 is 6.04 Å². The fraction of sp³-hybridized carbons (Fsp3) is 0.200. The largest absolute Gasteiger partial charge is 0.334 e. The van der Waals surface area contributed by atoms with E-state index in [1.54, 1.807) is 46.0 Å². The predicted octanol–water partition coefficient (Wildman–Crippen LogP) is 3.39. The lowest BCUT2D eigenvalue weighted by molar-refractivity contribution is -0.121. The Bertz CT molecular complexity index is 1230. The zero-order valence-corrected chi connectivity index (χ0v) is 18.8. The Morgan fingerprint density at radius 1 is 1.06 bits per heavy atom. The van der Waals surface area contributed by atoms with Gasteiger partial charge in [0.05, 0.1) is 23.4 Å². The lowest BCUT2D eigenvalue weighted by atomic mass is 10.0. The molecule has 1 fully saturated rings. The Labute approximate surface area is 195 Å². The van der Waals surface area contributed by atoms with Crippen LogP contribution < -0.4 is 5.32 Å². The summed E-state index contributed by atoms with van der Waals surface area (Å²) in [6, 6.07) is 16.3. The van der Waals surface area contributed by atoms with Gasteiger partial charge in [-0.1, -0.05) is 18.2 Å². The summed E-state index contributed by atoms with van der Waals surface area (Å²) in [6.07, 6.45) is 5.14. The van der Waals surface area contributed by atoms with E-state index in [-0.39, 0.29) is 30.8 Å². The molecule has 0 aliphatic carbocycles. The maximum absolute atomic E-state index is 13.5. The second-order valence-electron chi connectivity index (χ2n) is 7.99. The number of fused-ring (bicyclic) bond motifs is 2. The maximum atomic E-state index is 13.5. The maximum Gasteiger partial charge on any atom is 0.256 e. The predicted molar refractivity (Wildman–Crippen MR) is 127 cm³/mol. The zero-order valence-electron chi connectivity index (χ0n) is 18.0. The molecule has 0 saturated carbocycles. The molecule has 1 atom stereocenters. The van der Waals surface area contributed by atoms with Gasteiger partial charge in [-0.25, -0.2) is 0 Å². The molecule has 3 heterocycles. The smallest absolute Gasteiger partial charge is 0.256 e. The molecule has 5 rings (SSSR count). The van der Waals surface area contributed by atoms with Crippen molar-refractivity contribution in [2.45, 2.75) is 10.9 Å². The second kappa shape index (κ2) is 8.71. The second-order valence-corrected chi connectivity index (χ2v) is 8.86. The molecule has 1 unspecified atom stereocenters. The van der Waals surface area contributed by atoms with Gasteiger partial charge in [0.1, 0.15) is 6.04 Å². The van der Waals surface area contributed by atoms with Crippen molar-refractivity contribution < 1.29 is 14.4 Å². The van der Waals surface area contributed by atoms with Crippen molar-refractivity contribution in [3.8, 4) is 11.1 Å². The number of amides is 3. The van der Waals surface area contributed by atoms with Gasteiger partial charge in [-0.3, -0.25) is 19.4 Å². The first-order chi connectivity index (χ1) is 16.0. The van der Waals surface area contributed by atoms with Crippen LogP contribution in [-0.4, -0.2) is 64.4 Å². The molecular weight excluding hydrogens is 436 g/mol. The van der Waals surface area contributed by atoms with Crippen LogP contribution in [0.3, 0.4) is 0 Å². The molecule has 2 aliphatic rings. The lowest BCUT2D eigenvalue weighted by Gasteiger charge is -2.39. The average molecular weight is 459 g/mol. The fourth-order valence-electron chi connectivity index (χ4n) is 4.27. The summed E-state index contributed by atoms with van der Waals surface area (Å²) in [6.45, 7) is 0.783. The molecule has 7 nitrogen and oxygen atoms in total. The van der Waals surface area contributed by atoms with Crippen LogP contribution in [0.2, 0.25) is 0 Å². The monoisotopic (exact) mass is 458 g/mol. The van der Waals surface area contributed by atoms with Crippen LogP contribution in [0.25, 0.3) is 11.1 Å². The van der Waals surface area contributed by atoms with Gasteiger partial charge >= 0.3 is 0 Å². The molecule has 2 aliphatic heterocycles. The van der Waals surface area contributed by atoms with Crippen molar-refractivity contribution in [3.05, 3.63) is 78.1 Å². The average Bonchev–Trinajstić information content (AvgIpc) is 2.98. The third-order valence-corrected chi connectivity index (χ3v) is 6.81. The number of carbonyl (C=O) groups excluding carboxylic acids is 3. The van der Waals surface area contributed by atoms with Gasteiger partial charge in [-0.2, -0.15) is 0 Å². The normalized spacial score (nSPS) is 17.7. The van der Waals surface area contributed by atoms with Crippen molar-refractivity contribution in [1.29, 1.82) is 0 Å². The van der Waals surface area contributed by atoms with Crippen molar-refractivity contribution in [3.63, 3.8) is 0 Å². The van der Waals surface area contributed by atoms with Crippen molar-refractivity contribution >= 4 is 35.2 Å². The molecule has 0 spiro atoms. The van der Waals surface area contributed by atoms with E-state index in [9.17, 15) is 14.4 Å². The fourth-order valence-corrected chi connectivity index (χ4v) is 4.68. The number of anilines is 1. The van der Waals surface area contributed by atoms with Gasteiger partial charge in [0.2, 0.25) is 5.91 Å². The summed E-state index contributed by atoms with van der Waals surface area (Å²) in [5.41, 5.74) is 3.33. The quantitative estimate of drug-likeness (QED) is 0.609. The van der Waals surface area contributed by atoms with Gasteiger partial charge in [-0.05, 0) is 53.8 Å². The van der Waals surface area contributed by atoms with Crippen molar-refractivity contribution in [1.82, 2.24) is 14.8 Å². The SMILES string of the molecule is CSc1ccc(-c2ccc3c(c2)C(=O)N2CCN(C(=O)c4cccnc4)CC2C(=O)N3)cc1. The van der Waals surface area contributed by atoms with E-state index in [1.165, 1.54) is 11.1 Å². The Hall–Kier alpha value is -3.65. The number of pyridine rings is 1. The van der Waals surface area contributed by atoms with E-state index in [4.69, 9.17) is 0 Å². The molecule has 0 bridgehead atoms. The first-order valence-corrected chi connectivity index (χ1v) is 11.9. The summed E-state index contributed by atoms with van der Waals surface area (Å²) >= 11 is 1.67. The molecule has 166 valence electrons. The number of hydrogen-bond donors (Lipinski definition) is 1.